The van der Waals surface area contributed by atoms with Crippen molar-refractivity contribution < 1.29 is 27.0 Å². The molecule has 0 atom stereocenters. The van der Waals surface area contributed by atoms with Crippen LogP contribution in [0.1, 0.15) is 10.4 Å². The molecule has 0 saturated heterocycles. The molecule has 0 fully saturated rings. The standard InChI is InChI=1S/C7H6O2.C2H8N2.Cu/c8-5-6-3-1-2-4-7(6)9;3-1-2-4;/h1-5,9H;1-4H2;. The summed E-state index contributed by atoms with van der Waals surface area (Å²) in [7, 11) is 0. The van der Waals surface area contributed by atoms with Crippen LogP contribution >= 0.6 is 0 Å². The van der Waals surface area contributed by atoms with Crippen LogP contribution in [0.3, 0.4) is 0 Å². The third-order valence-corrected chi connectivity index (χ3v) is 1.23. The van der Waals surface area contributed by atoms with Crippen molar-refractivity contribution in [3.05, 3.63) is 29.8 Å². The smallest absolute Gasteiger partial charge is 0.153 e. The van der Waals surface area contributed by atoms with Gasteiger partial charge in [0.15, 0.2) is 6.29 Å². The minimum atomic E-state index is 0. The zero-order valence-corrected chi connectivity index (χ0v) is 8.55. The summed E-state index contributed by atoms with van der Waals surface area (Å²) >= 11 is 0. The molecule has 1 aromatic rings. The minimum Gasteiger partial charge on any atom is -0.507 e. The molecule has 0 aliphatic heterocycles. The van der Waals surface area contributed by atoms with E-state index in [9.17, 15) is 4.79 Å². The van der Waals surface area contributed by atoms with Crippen molar-refractivity contribution in [2.75, 3.05) is 13.1 Å². The summed E-state index contributed by atoms with van der Waals surface area (Å²) in [6.45, 7) is 1.19. The number of aldehydes is 1. The summed E-state index contributed by atoms with van der Waals surface area (Å²) in [5.74, 6) is 0.0347. The van der Waals surface area contributed by atoms with Gasteiger partial charge in [0.1, 0.15) is 5.75 Å². The molecule has 0 saturated carbocycles. The van der Waals surface area contributed by atoms with Crippen LogP contribution in [0.25, 0.3) is 0 Å². The van der Waals surface area contributed by atoms with E-state index >= 15 is 0 Å². The summed E-state index contributed by atoms with van der Waals surface area (Å²) in [4.78, 5) is 10.1. The first-order valence-corrected chi connectivity index (χ1v) is 3.89. The quantitative estimate of drug-likeness (QED) is 0.510. The van der Waals surface area contributed by atoms with Gasteiger partial charge in [-0.3, -0.25) is 4.79 Å². The van der Waals surface area contributed by atoms with Crippen LogP contribution in [0.2, 0.25) is 0 Å². The van der Waals surface area contributed by atoms with Crippen LogP contribution in [0, 0.1) is 0 Å². The molecule has 1 aromatic carbocycles. The van der Waals surface area contributed by atoms with Crippen LogP contribution in [-0.2, 0) is 17.1 Å². The van der Waals surface area contributed by atoms with Gasteiger partial charge in [0.25, 0.3) is 0 Å². The van der Waals surface area contributed by atoms with E-state index in [1.165, 1.54) is 6.07 Å². The molecule has 4 nitrogen and oxygen atoms in total. The molecule has 5 heteroatoms. The van der Waals surface area contributed by atoms with E-state index in [2.05, 4.69) is 0 Å². The van der Waals surface area contributed by atoms with E-state index < -0.39 is 0 Å². The SMILES string of the molecule is NCCN.O=Cc1ccccc1O.[Cu]. The Labute approximate surface area is 93.8 Å². The second-order valence-corrected chi connectivity index (χ2v) is 2.25. The van der Waals surface area contributed by atoms with Gasteiger partial charge >= 0.3 is 0 Å². The first-order valence-electron chi connectivity index (χ1n) is 3.89. The molecule has 0 spiro atoms. The van der Waals surface area contributed by atoms with Crippen LogP contribution < -0.4 is 11.5 Å². The second kappa shape index (κ2) is 10.2. The van der Waals surface area contributed by atoms with Crippen molar-refractivity contribution in [1.82, 2.24) is 0 Å². The number of carbonyl (C=O) groups is 1. The predicted octanol–water partition coefficient (Wildman–Crippen LogP) is 0.106. The average molecular weight is 246 g/mol. The van der Waals surface area contributed by atoms with Gasteiger partial charge in [-0.05, 0) is 12.1 Å². The van der Waals surface area contributed by atoms with Gasteiger partial charge in [-0.15, -0.1) is 0 Å². The van der Waals surface area contributed by atoms with Crippen molar-refractivity contribution in [3.8, 4) is 5.75 Å². The monoisotopic (exact) mass is 245 g/mol. The van der Waals surface area contributed by atoms with Gasteiger partial charge < -0.3 is 16.6 Å². The molecule has 0 aliphatic carbocycles. The van der Waals surface area contributed by atoms with Gasteiger partial charge in [-0.2, -0.15) is 0 Å². The van der Waals surface area contributed by atoms with E-state index in [1.807, 2.05) is 0 Å². The fourth-order valence-corrected chi connectivity index (χ4v) is 0.587. The van der Waals surface area contributed by atoms with Crippen LogP contribution in [0.15, 0.2) is 24.3 Å². The van der Waals surface area contributed by atoms with Gasteiger partial charge in [0.2, 0.25) is 0 Å². The van der Waals surface area contributed by atoms with Crippen molar-refractivity contribution in [2.45, 2.75) is 0 Å². The Morgan fingerprint density at radius 2 is 1.71 bits per heavy atom. The molecular formula is C9H14CuN2O2. The fourth-order valence-electron chi connectivity index (χ4n) is 0.587. The summed E-state index contributed by atoms with van der Waals surface area (Å²) in [6, 6.07) is 6.40. The Balaban J connectivity index is 0. The van der Waals surface area contributed by atoms with E-state index in [1.54, 1.807) is 18.2 Å². The van der Waals surface area contributed by atoms with Gasteiger partial charge in [0, 0.05) is 30.2 Å². The maximum atomic E-state index is 10.1. The molecule has 14 heavy (non-hydrogen) atoms. The van der Waals surface area contributed by atoms with Crippen LogP contribution in [0.5, 0.6) is 5.75 Å². The third-order valence-electron chi connectivity index (χ3n) is 1.23. The minimum absolute atomic E-state index is 0. The largest absolute Gasteiger partial charge is 0.507 e. The Kier molecular flexibility index (Phi) is 11.4. The number of hydrogen-bond donors (Lipinski definition) is 3. The number of rotatable bonds is 2. The average Bonchev–Trinajstić information content (AvgIpc) is 2.19. The molecule has 0 bridgehead atoms. The number of phenolic OH excluding ortho intramolecular Hbond substituents is 1. The zero-order valence-electron chi connectivity index (χ0n) is 7.61. The summed E-state index contributed by atoms with van der Waals surface area (Å²) in [5.41, 5.74) is 10.1. The van der Waals surface area contributed by atoms with Crippen molar-refractivity contribution in [3.63, 3.8) is 0 Å². The summed E-state index contributed by atoms with van der Waals surface area (Å²) in [6.07, 6.45) is 0.620. The van der Waals surface area contributed by atoms with Crippen molar-refractivity contribution in [2.24, 2.45) is 11.5 Å². The van der Waals surface area contributed by atoms with Crippen LogP contribution in [0.4, 0.5) is 0 Å². The Bertz CT molecular complexity index is 254. The Morgan fingerprint density at radius 3 is 2.00 bits per heavy atom. The molecule has 0 aliphatic rings. The molecule has 1 rings (SSSR count). The molecule has 0 unspecified atom stereocenters. The van der Waals surface area contributed by atoms with Crippen molar-refractivity contribution in [1.29, 1.82) is 0 Å². The van der Waals surface area contributed by atoms with E-state index in [-0.39, 0.29) is 22.8 Å². The first kappa shape index (κ1) is 15.6. The number of carbonyl (C=O) groups excluding carboxylic acids is 1. The maximum Gasteiger partial charge on any atom is 0.153 e. The summed E-state index contributed by atoms with van der Waals surface area (Å²) in [5, 5.41) is 8.88. The maximum absolute atomic E-state index is 10.1. The van der Waals surface area contributed by atoms with E-state index in [4.69, 9.17) is 16.6 Å². The molecule has 1 radical (unpaired) electrons. The van der Waals surface area contributed by atoms with E-state index in [0.29, 0.717) is 24.9 Å². The molecule has 0 heterocycles. The van der Waals surface area contributed by atoms with E-state index in [0.717, 1.165) is 0 Å². The molecule has 0 aromatic heterocycles. The zero-order chi connectivity index (χ0) is 10.1. The normalized spacial score (nSPS) is 7.86. The predicted molar refractivity (Wildman–Crippen MR) is 51.6 cm³/mol. The number of hydrogen-bond acceptors (Lipinski definition) is 4. The molecule has 83 valence electrons. The first-order chi connectivity index (χ1) is 6.26. The Morgan fingerprint density at radius 1 is 1.21 bits per heavy atom. The third kappa shape index (κ3) is 6.62. The van der Waals surface area contributed by atoms with Crippen LogP contribution in [-0.4, -0.2) is 24.5 Å². The van der Waals surface area contributed by atoms with Crippen molar-refractivity contribution >= 4 is 6.29 Å². The second-order valence-electron chi connectivity index (χ2n) is 2.25. The number of nitrogens with two attached hydrogens (primary N) is 2. The fraction of sp³-hybridized carbons (Fsp3) is 0.222. The molecular weight excluding hydrogens is 232 g/mol. The number of para-hydroxylation sites is 1. The number of aromatic hydroxyl groups is 1. The number of benzene rings is 1. The van der Waals surface area contributed by atoms with Gasteiger partial charge in [0.05, 0.1) is 5.56 Å². The topological polar surface area (TPSA) is 89.3 Å². The Hall–Kier alpha value is -0.871. The van der Waals surface area contributed by atoms with Gasteiger partial charge in [-0.1, -0.05) is 12.1 Å². The summed E-state index contributed by atoms with van der Waals surface area (Å²) < 4.78 is 0. The number of phenols is 1. The van der Waals surface area contributed by atoms with Gasteiger partial charge in [-0.25, -0.2) is 0 Å². The molecule has 5 N–H and O–H groups in total. The molecule has 0 amide bonds.